The molecule has 2 N–H and O–H groups in total. The standard InChI is InChI=1S/C16H21N3/c1-12-6-4-5-9-19(12)11-13-10-15(17)14-7-2-3-8-16(14)18-13/h2-3,7-8,10,12H,4-6,9,11H2,1H3,(H2,17,18). The molecule has 3 rings (SSSR count). The molecule has 1 aliphatic rings. The normalized spacial score (nSPS) is 20.8. The van der Waals surface area contributed by atoms with Crippen LogP contribution in [0.5, 0.6) is 0 Å². The molecule has 0 aliphatic carbocycles. The smallest absolute Gasteiger partial charge is 0.0726 e. The van der Waals surface area contributed by atoms with Crippen LogP contribution in [0.3, 0.4) is 0 Å². The van der Waals surface area contributed by atoms with Crippen molar-refractivity contribution in [1.82, 2.24) is 9.88 Å². The number of aromatic nitrogens is 1. The van der Waals surface area contributed by atoms with E-state index in [0.717, 1.165) is 28.8 Å². The van der Waals surface area contributed by atoms with Crippen molar-refractivity contribution in [3.63, 3.8) is 0 Å². The minimum atomic E-state index is 0.656. The van der Waals surface area contributed by atoms with E-state index in [-0.39, 0.29) is 0 Å². The van der Waals surface area contributed by atoms with Crippen molar-refractivity contribution in [1.29, 1.82) is 0 Å². The third kappa shape index (κ3) is 2.56. The monoisotopic (exact) mass is 255 g/mol. The number of para-hydroxylation sites is 1. The molecule has 1 aromatic heterocycles. The lowest BCUT2D eigenvalue weighted by Gasteiger charge is -2.33. The van der Waals surface area contributed by atoms with Gasteiger partial charge in [-0.25, -0.2) is 0 Å². The van der Waals surface area contributed by atoms with Crippen LogP contribution in [-0.2, 0) is 6.54 Å². The molecule has 1 unspecified atom stereocenters. The predicted octanol–water partition coefficient (Wildman–Crippen LogP) is 3.19. The number of nitrogens with two attached hydrogens (primary N) is 1. The third-order valence-electron chi connectivity index (χ3n) is 4.11. The second-order valence-electron chi connectivity index (χ2n) is 5.54. The summed E-state index contributed by atoms with van der Waals surface area (Å²) < 4.78 is 0. The van der Waals surface area contributed by atoms with Gasteiger partial charge in [-0.15, -0.1) is 0 Å². The van der Waals surface area contributed by atoms with E-state index in [1.54, 1.807) is 0 Å². The Morgan fingerprint density at radius 2 is 2.16 bits per heavy atom. The van der Waals surface area contributed by atoms with E-state index in [4.69, 9.17) is 10.7 Å². The summed E-state index contributed by atoms with van der Waals surface area (Å²) in [6.45, 7) is 4.40. The first kappa shape index (κ1) is 12.4. The van der Waals surface area contributed by atoms with E-state index < -0.39 is 0 Å². The van der Waals surface area contributed by atoms with Gasteiger partial charge in [0.05, 0.1) is 11.2 Å². The molecule has 1 atom stereocenters. The number of rotatable bonds is 2. The molecule has 0 bridgehead atoms. The topological polar surface area (TPSA) is 42.1 Å². The molecule has 2 heterocycles. The first-order chi connectivity index (χ1) is 9.24. The fourth-order valence-corrected chi connectivity index (χ4v) is 2.94. The largest absolute Gasteiger partial charge is 0.398 e. The molecular weight excluding hydrogens is 234 g/mol. The van der Waals surface area contributed by atoms with Crippen molar-refractivity contribution in [3.8, 4) is 0 Å². The predicted molar refractivity (Wildman–Crippen MR) is 79.9 cm³/mol. The van der Waals surface area contributed by atoms with Crippen molar-refractivity contribution in [2.45, 2.75) is 38.8 Å². The van der Waals surface area contributed by atoms with E-state index in [0.29, 0.717) is 6.04 Å². The Bertz CT molecular complexity index is 579. The van der Waals surface area contributed by atoms with Crippen LogP contribution in [0, 0.1) is 0 Å². The quantitative estimate of drug-likeness (QED) is 0.896. The number of fused-ring (bicyclic) bond motifs is 1. The molecule has 0 saturated carbocycles. The highest BCUT2D eigenvalue weighted by molar-refractivity contribution is 5.90. The highest BCUT2D eigenvalue weighted by atomic mass is 15.2. The summed E-state index contributed by atoms with van der Waals surface area (Å²) in [7, 11) is 0. The molecule has 1 saturated heterocycles. The lowest BCUT2D eigenvalue weighted by Crippen LogP contribution is -2.37. The number of hydrogen-bond acceptors (Lipinski definition) is 3. The van der Waals surface area contributed by atoms with Crippen molar-refractivity contribution >= 4 is 16.6 Å². The Balaban J connectivity index is 1.88. The summed E-state index contributed by atoms with van der Waals surface area (Å²) in [6, 6.07) is 10.8. The number of nitrogens with zero attached hydrogens (tertiary/aromatic N) is 2. The van der Waals surface area contributed by atoms with E-state index in [9.17, 15) is 0 Å². The second-order valence-corrected chi connectivity index (χ2v) is 5.54. The van der Waals surface area contributed by atoms with Crippen LogP contribution in [0.15, 0.2) is 30.3 Å². The van der Waals surface area contributed by atoms with Gasteiger partial charge in [-0.05, 0) is 38.4 Å². The molecule has 2 aromatic rings. The van der Waals surface area contributed by atoms with Crippen LogP contribution in [0.4, 0.5) is 5.69 Å². The first-order valence-corrected chi connectivity index (χ1v) is 7.12. The molecule has 0 amide bonds. The maximum atomic E-state index is 6.14. The van der Waals surface area contributed by atoms with Crippen LogP contribution in [0.25, 0.3) is 10.9 Å². The summed E-state index contributed by atoms with van der Waals surface area (Å²) in [5.74, 6) is 0. The molecule has 19 heavy (non-hydrogen) atoms. The van der Waals surface area contributed by atoms with Crippen molar-refractivity contribution in [2.75, 3.05) is 12.3 Å². The molecule has 0 spiro atoms. The van der Waals surface area contributed by atoms with E-state index in [2.05, 4.69) is 11.8 Å². The average Bonchev–Trinajstić information content (AvgIpc) is 2.42. The van der Waals surface area contributed by atoms with Gasteiger partial charge in [0.15, 0.2) is 0 Å². The minimum Gasteiger partial charge on any atom is -0.398 e. The van der Waals surface area contributed by atoms with Gasteiger partial charge in [0.25, 0.3) is 0 Å². The number of pyridine rings is 1. The Morgan fingerprint density at radius 1 is 1.32 bits per heavy atom. The fraction of sp³-hybridized carbons (Fsp3) is 0.438. The molecule has 3 nitrogen and oxygen atoms in total. The van der Waals surface area contributed by atoms with Gasteiger partial charge in [-0.1, -0.05) is 24.6 Å². The zero-order valence-electron chi connectivity index (χ0n) is 11.5. The number of likely N-dealkylation sites (tertiary alicyclic amines) is 1. The zero-order valence-corrected chi connectivity index (χ0v) is 11.5. The van der Waals surface area contributed by atoms with Crippen LogP contribution in [0.1, 0.15) is 31.9 Å². The van der Waals surface area contributed by atoms with Crippen LogP contribution in [0.2, 0.25) is 0 Å². The summed E-state index contributed by atoms with van der Waals surface area (Å²) >= 11 is 0. The van der Waals surface area contributed by atoms with Gasteiger partial charge in [-0.2, -0.15) is 0 Å². The number of anilines is 1. The molecule has 0 radical (unpaired) electrons. The molecule has 3 heteroatoms. The molecular formula is C16H21N3. The second kappa shape index (κ2) is 5.17. The Kier molecular flexibility index (Phi) is 3.38. The first-order valence-electron chi connectivity index (χ1n) is 7.12. The summed E-state index contributed by atoms with van der Waals surface area (Å²) in [4.78, 5) is 7.26. The van der Waals surface area contributed by atoms with E-state index in [1.807, 2.05) is 30.3 Å². The Labute approximate surface area is 114 Å². The summed E-state index contributed by atoms with van der Waals surface area (Å²) in [6.07, 6.45) is 3.95. The van der Waals surface area contributed by atoms with Gasteiger partial charge in [0.1, 0.15) is 0 Å². The summed E-state index contributed by atoms with van der Waals surface area (Å²) in [5.41, 5.74) is 9.07. The lowest BCUT2D eigenvalue weighted by atomic mass is 10.0. The van der Waals surface area contributed by atoms with E-state index in [1.165, 1.54) is 25.8 Å². The highest BCUT2D eigenvalue weighted by Crippen LogP contribution is 2.23. The van der Waals surface area contributed by atoms with Crippen molar-refractivity contribution in [3.05, 3.63) is 36.0 Å². The third-order valence-corrected chi connectivity index (χ3v) is 4.11. The van der Waals surface area contributed by atoms with Crippen LogP contribution in [-0.4, -0.2) is 22.5 Å². The molecule has 1 aromatic carbocycles. The van der Waals surface area contributed by atoms with Gasteiger partial charge >= 0.3 is 0 Å². The van der Waals surface area contributed by atoms with Gasteiger partial charge in [-0.3, -0.25) is 9.88 Å². The number of nitrogen functional groups attached to an aromatic ring is 1. The van der Waals surface area contributed by atoms with Crippen molar-refractivity contribution in [2.24, 2.45) is 0 Å². The summed E-state index contributed by atoms with van der Waals surface area (Å²) in [5, 5.41) is 1.05. The lowest BCUT2D eigenvalue weighted by molar-refractivity contribution is 0.151. The minimum absolute atomic E-state index is 0.656. The van der Waals surface area contributed by atoms with Gasteiger partial charge in [0.2, 0.25) is 0 Å². The molecule has 100 valence electrons. The number of benzene rings is 1. The highest BCUT2D eigenvalue weighted by Gasteiger charge is 2.18. The maximum absolute atomic E-state index is 6.14. The molecule has 1 aliphatic heterocycles. The fourth-order valence-electron chi connectivity index (χ4n) is 2.94. The average molecular weight is 255 g/mol. The number of hydrogen-bond donors (Lipinski definition) is 1. The zero-order chi connectivity index (χ0) is 13.2. The van der Waals surface area contributed by atoms with Gasteiger partial charge in [0, 0.05) is 23.7 Å². The maximum Gasteiger partial charge on any atom is 0.0726 e. The van der Waals surface area contributed by atoms with Gasteiger partial charge < -0.3 is 5.73 Å². The van der Waals surface area contributed by atoms with Crippen molar-refractivity contribution < 1.29 is 0 Å². The van der Waals surface area contributed by atoms with Crippen LogP contribution >= 0.6 is 0 Å². The van der Waals surface area contributed by atoms with E-state index >= 15 is 0 Å². The SMILES string of the molecule is CC1CCCCN1Cc1cc(N)c2ccccc2n1. The number of piperidine rings is 1. The molecule has 1 fully saturated rings. The Morgan fingerprint density at radius 3 is 3.00 bits per heavy atom. The Hall–Kier alpha value is -1.61. The van der Waals surface area contributed by atoms with Crippen LogP contribution < -0.4 is 5.73 Å².